The molecular formula is C18H16Cl2N2O4. The number of hydrogen-bond donors (Lipinski definition) is 0. The Morgan fingerprint density at radius 2 is 2.04 bits per heavy atom. The predicted molar refractivity (Wildman–Crippen MR) is 96.9 cm³/mol. The van der Waals surface area contributed by atoms with Crippen LogP contribution in [-0.4, -0.2) is 27.9 Å². The number of methoxy groups -OCH3 is 1. The van der Waals surface area contributed by atoms with Crippen LogP contribution in [0.2, 0.25) is 0 Å². The Balaban J connectivity index is 1.81. The highest BCUT2D eigenvalue weighted by atomic mass is 35.5. The molecule has 0 spiro atoms. The van der Waals surface area contributed by atoms with E-state index in [1.54, 1.807) is 25.3 Å². The van der Waals surface area contributed by atoms with E-state index < -0.39 is 10.7 Å². The molecule has 136 valence electrons. The number of para-hydroxylation sites is 1. The van der Waals surface area contributed by atoms with Crippen LogP contribution in [-0.2, 0) is 17.9 Å². The number of halogens is 2. The molecule has 6 nitrogen and oxygen atoms in total. The molecule has 26 heavy (non-hydrogen) atoms. The number of nitrogens with zero attached hydrogens (tertiary/aromatic N) is 2. The van der Waals surface area contributed by atoms with Crippen LogP contribution < -0.4 is 4.74 Å². The fourth-order valence-corrected chi connectivity index (χ4v) is 2.77. The predicted octanol–water partition coefficient (Wildman–Crippen LogP) is 4.28. The maximum absolute atomic E-state index is 12.3. The molecule has 0 aliphatic rings. The van der Waals surface area contributed by atoms with E-state index in [4.69, 9.17) is 36.9 Å². The van der Waals surface area contributed by atoms with Gasteiger partial charge in [-0.1, -0.05) is 40.5 Å². The van der Waals surface area contributed by atoms with Crippen molar-refractivity contribution in [3.05, 3.63) is 60.2 Å². The minimum atomic E-state index is -1.18. The van der Waals surface area contributed by atoms with E-state index >= 15 is 0 Å². The monoisotopic (exact) mass is 394 g/mol. The van der Waals surface area contributed by atoms with E-state index in [1.807, 2.05) is 24.3 Å². The number of rotatable bonds is 7. The van der Waals surface area contributed by atoms with Gasteiger partial charge in [0, 0.05) is 6.07 Å². The number of aromatic nitrogens is 1. The lowest BCUT2D eigenvalue weighted by Gasteiger charge is -2.20. The number of carbonyl (C=O) groups is 1. The molecule has 0 unspecified atom stereocenters. The molecule has 0 atom stereocenters. The summed E-state index contributed by atoms with van der Waals surface area (Å²) in [5.74, 6) is 1.38. The Hall–Kier alpha value is -2.44. The van der Waals surface area contributed by atoms with Crippen LogP contribution in [0.25, 0.3) is 11.3 Å². The lowest BCUT2D eigenvalue weighted by atomic mass is 10.1. The molecule has 3 aromatic rings. The minimum absolute atomic E-state index is 0.175. The number of amides is 1. The molecule has 2 heterocycles. The average Bonchev–Trinajstić information content (AvgIpc) is 3.32. The van der Waals surface area contributed by atoms with E-state index in [1.165, 1.54) is 11.2 Å². The molecule has 0 saturated carbocycles. The zero-order valence-corrected chi connectivity index (χ0v) is 15.4. The van der Waals surface area contributed by atoms with Crippen molar-refractivity contribution in [2.24, 2.45) is 0 Å². The second kappa shape index (κ2) is 8.29. The molecule has 2 aromatic heterocycles. The summed E-state index contributed by atoms with van der Waals surface area (Å²) < 4.78 is 16.0. The summed E-state index contributed by atoms with van der Waals surface area (Å²) in [5, 5.41) is 4.04. The summed E-state index contributed by atoms with van der Waals surface area (Å²) in [6.07, 6.45) is 1.53. The molecule has 0 bridgehead atoms. The van der Waals surface area contributed by atoms with Crippen LogP contribution in [0, 0.1) is 0 Å². The molecule has 0 radical (unpaired) electrons. The van der Waals surface area contributed by atoms with Crippen molar-refractivity contribution in [3.63, 3.8) is 0 Å². The highest BCUT2D eigenvalue weighted by Crippen LogP contribution is 2.30. The van der Waals surface area contributed by atoms with Gasteiger partial charge in [-0.2, -0.15) is 0 Å². The van der Waals surface area contributed by atoms with Crippen molar-refractivity contribution in [1.29, 1.82) is 0 Å². The van der Waals surface area contributed by atoms with Crippen molar-refractivity contribution in [2.75, 3.05) is 7.11 Å². The number of carbonyl (C=O) groups excluding carboxylic acids is 1. The first-order chi connectivity index (χ1) is 12.6. The fourth-order valence-electron chi connectivity index (χ4n) is 2.50. The van der Waals surface area contributed by atoms with Crippen molar-refractivity contribution >= 4 is 29.1 Å². The molecule has 1 amide bonds. The molecule has 0 fully saturated rings. The Morgan fingerprint density at radius 1 is 1.23 bits per heavy atom. The molecule has 8 heteroatoms. The van der Waals surface area contributed by atoms with Gasteiger partial charge in [-0.15, -0.1) is 0 Å². The maximum Gasteiger partial charge on any atom is 0.256 e. The summed E-state index contributed by atoms with van der Waals surface area (Å²) >= 11 is 11.5. The van der Waals surface area contributed by atoms with E-state index in [2.05, 4.69) is 5.16 Å². The molecule has 0 aliphatic carbocycles. The largest absolute Gasteiger partial charge is 0.496 e. The SMILES string of the molecule is COc1ccccc1-c1cc(CN(Cc2ccco2)C(=O)C(Cl)Cl)no1. The first kappa shape index (κ1) is 18.4. The summed E-state index contributed by atoms with van der Waals surface area (Å²) in [6.45, 7) is 0.396. The topological polar surface area (TPSA) is 68.7 Å². The molecule has 3 rings (SSSR count). The summed E-state index contributed by atoms with van der Waals surface area (Å²) in [4.78, 5) is 12.6. The zero-order valence-electron chi connectivity index (χ0n) is 13.9. The second-order valence-corrected chi connectivity index (χ2v) is 6.55. The summed E-state index contributed by atoms with van der Waals surface area (Å²) in [6, 6.07) is 12.7. The quantitative estimate of drug-likeness (QED) is 0.559. The van der Waals surface area contributed by atoms with Crippen LogP contribution in [0.1, 0.15) is 11.5 Å². The van der Waals surface area contributed by atoms with E-state index in [0.29, 0.717) is 23.0 Å². The lowest BCUT2D eigenvalue weighted by molar-refractivity contribution is -0.130. The van der Waals surface area contributed by atoms with E-state index in [0.717, 1.165) is 5.56 Å². The average molecular weight is 395 g/mol. The van der Waals surface area contributed by atoms with Gasteiger partial charge in [-0.3, -0.25) is 4.79 Å². The van der Waals surface area contributed by atoms with Gasteiger partial charge in [0.25, 0.3) is 5.91 Å². The minimum Gasteiger partial charge on any atom is -0.496 e. The van der Waals surface area contributed by atoms with Gasteiger partial charge in [0.1, 0.15) is 17.2 Å². The first-order valence-corrected chi connectivity index (χ1v) is 8.64. The lowest BCUT2D eigenvalue weighted by Crippen LogP contribution is -2.33. The van der Waals surface area contributed by atoms with Gasteiger partial charge in [0.2, 0.25) is 0 Å². The molecular weight excluding hydrogens is 379 g/mol. The Kier molecular flexibility index (Phi) is 5.85. The van der Waals surface area contributed by atoms with Gasteiger partial charge in [0.15, 0.2) is 10.6 Å². The van der Waals surface area contributed by atoms with Gasteiger partial charge in [-0.05, 0) is 24.3 Å². The van der Waals surface area contributed by atoms with Crippen LogP contribution >= 0.6 is 23.2 Å². The van der Waals surface area contributed by atoms with E-state index in [-0.39, 0.29) is 13.1 Å². The van der Waals surface area contributed by atoms with Crippen molar-refractivity contribution < 1.29 is 18.5 Å². The smallest absolute Gasteiger partial charge is 0.256 e. The van der Waals surface area contributed by atoms with Gasteiger partial charge < -0.3 is 18.6 Å². The van der Waals surface area contributed by atoms with Crippen molar-refractivity contribution in [1.82, 2.24) is 10.1 Å². The fraction of sp³-hybridized carbons (Fsp3) is 0.222. The Morgan fingerprint density at radius 3 is 2.73 bits per heavy atom. The second-order valence-electron chi connectivity index (χ2n) is 5.46. The standard InChI is InChI=1S/C18H16Cl2N2O4/c1-24-15-7-3-2-6-14(15)16-9-12(21-26-16)10-22(18(23)17(19)20)11-13-5-4-8-25-13/h2-9,17H,10-11H2,1H3. The van der Waals surface area contributed by atoms with Gasteiger partial charge >= 0.3 is 0 Å². The highest BCUT2D eigenvalue weighted by Gasteiger charge is 2.23. The van der Waals surface area contributed by atoms with Crippen LogP contribution in [0.4, 0.5) is 0 Å². The van der Waals surface area contributed by atoms with Crippen molar-refractivity contribution in [3.8, 4) is 17.1 Å². The summed E-state index contributed by atoms with van der Waals surface area (Å²) in [7, 11) is 1.58. The summed E-state index contributed by atoms with van der Waals surface area (Å²) in [5.41, 5.74) is 1.32. The normalized spacial score (nSPS) is 10.9. The first-order valence-electron chi connectivity index (χ1n) is 7.76. The van der Waals surface area contributed by atoms with Gasteiger partial charge in [0.05, 0.1) is 32.0 Å². The Labute approximate surface area is 160 Å². The molecule has 0 aliphatic heterocycles. The number of alkyl halides is 2. The van der Waals surface area contributed by atoms with Crippen LogP contribution in [0.5, 0.6) is 5.75 Å². The van der Waals surface area contributed by atoms with E-state index in [9.17, 15) is 4.79 Å². The third kappa shape index (κ3) is 4.20. The van der Waals surface area contributed by atoms with Gasteiger partial charge in [-0.25, -0.2) is 0 Å². The Bertz CT molecular complexity index is 862. The third-order valence-electron chi connectivity index (χ3n) is 3.71. The number of furan rings is 1. The molecule has 0 saturated heterocycles. The highest BCUT2D eigenvalue weighted by molar-refractivity contribution is 6.53. The van der Waals surface area contributed by atoms with Crippen LogP contribution in [0.15, 0.2) is 57.7 Å². The number of ether oxygens (including phenoxy) is 1. The number of hydrogen-bond acceptors (Lipinski definition) is 5. The van der Waals surface area contributed by atoms with Crippen LogP contribution in [0.3, 0.4) is 0 Å². The number of benzene rings is 1. The zero-order chi connectivity index (χ0) is 18.5. The van der Waals surface area contributed by atoms with Crippen molar-refractivity contribution in [2.45, 2.75) is 17.9 Å². The third-order valence-corrected chi connectivity index (χ3v) is 4.08. The molecule has 1 aromatic carbocycles. The maximum atomic E-state index is 12.3. The molecule has 0 N–H and O–H groups in total.